The summed E-state index contributed by atoms with van der Waals surface area (Å²) in [5, 5.41) is 4.18. The second-order valence-electron chi connectivity index (χ2n) is 8.00. The third-order valence-corrected chi connectivity index (χ3v) is 5.13. The van der Waals surface area contributed by atoms with Crippen molar-refractivity contribution in [2.45, 2.75) is 33.3 Å². The van der Waals surface area contributed by atoms with E-state index in [1.807, 2.05) is 45.9 Å². The molecule has 0 unspecified atom stereocenters. The number of carbonyl (C=O) groups excluding carboxylic acids is 1. The van der Waals surface area contributed by atoms with Crippen molar-refractivity contribution in [3.8, 4) is 0 Å². The Morgan fingerprint density at radius 3 is 2.55 bits per heavy atom. The molecule has 0 aliphatic carbocycles. The third kappa shape index (κ3) is 3.29. The van der Waals surface area contributed by atoms with Crippen molar-refractivity contribution < 1.29 is 9.53 Å². The van der Waals surface area contributed by atoms with Crippen LogP contribution in [0.1, 0.15) is 54.7 Å². The Balaban J connectivity index is 1.76. The van der Waals surface area contributed by atoms with Crippen molar-refractivity contribution >= 4 is 39.7 Å². The zero-order chi connectivity index (χ0) is 20.9. The fourth-order valence-corrected chi connectivity index (χ4v) is 3.55. The van der Waals surface area contributed by atoms with E-state index in [2.05, 4.69) is 29.5 Å². The van der Waals surface area contributed by atoms with Gasteiger partial charge in [0.05, 0.1) is 11.1 Å². The lowest BCUT2D eigenvalue weighted by Crippen LogP contribution is -2.16. The van der Waals surface area contributed by atoms with Gasteiger partial charge in [-0.05, 0) is 69.2 Å². The first-order valence-corrected chi connectivity index (χ1v) is 9.43. The van der Waals surface area contributed by atoms with Crippen LogP contribution < -0.4 is 5.32 Å². The van der Waals surface area contributed by atoms with Crippen LogP contribution in [0.5, 0.6) is 0 Å². The average molecular weight is 385 g/mol. The van der Waals surface area contributed by atoms with E-state index < -0.39 is 5.60 Å². The number of carbonyl (C=O) groups is 1. The summed E-state index contributed by atoms with van der Waals surface area (Å²) in [6.45, 7) is 15.8. The van der Waals surface area contributed by atoms with E-state index >= 15 is 0 Å². The van der Waals surface area contributed by atoms with Gasteiger partial charge in [0.2, 0.25) is 5.95 Å². The number of hydrogen-bond acceptors (Lipinski definition) is 5. The van der Waals surface area contributed by atoms with Gasteiger partial charge in [0, 0.05) is 28.4 Å². The number of ether oxygens (including phenoxy) is 1. The van der Waals surface area contributed by atoms with Crippen molar-refractivity contribution in [2.75, 3.05) is 5.32 Å². The average Bonchev–Trinajstić information content (AvgIpc) is 2.89. The van der Waals surface area contributed by atoms with Gasteiger partial charge in [0.25, 0.3) is 0 Å². The molecule has 1 aliphatic heterocycles. The summed E-state index contributed by atoms with van der Waals surface area (Å²) < 4.78 is 5.44. The predicted octanol–water partition coefficient (Wildman–Crippen LogP) is 5.85. The molecule has 0 spiro atoms. The molecule has 0 bridgehead atoms. The summed E-state index contributed by atoms with van der Waals surface area (Å²) in [6.07, 6.45) is 1.80. The van der Waals surface area contributed by atoms with E-state index in [1.165, 1.54) is 0 Å². The highest BCUT2D eigenvalue weighted by atomic mass is 16.6. The van der Waals surface area contributed by atoms with Crippen LogP contribution in [0.2, 0.25) is 0 Å². The molecule has 2 heterocycles. The Bertz CT molecular complexity index is 1210. The van der Waals surface area contributed by atoms with Crippen LogP contribution in [-0.4, -0.2) is 15.9 Å². The summed E-state index contributed by atoms with van der Waals surface area (Å²) in [5.41, 5.74) is 6.35. The van der Waals surface area contributed by atoms with Gasteiger partial charge in [0.15, 0.2) is 0 Å². The van der Waals surface area contributed by atoms with Crippen LogP contribution >= 0.6 is 0 Å². The molecular weight excluding hydrogens is 362 g/mol. The zero-order valence-corrected chi connectivity index (χ0v) is 17.1. The van der Waals surface area contributed by atoms with Gasteiger partial charge in [0.1, 0.15) is 5.60 Å². The number of nitrogens with one attached hydrogen (secondary N) is 1. The molecule has 2 aromatic carbocycles. The lowest BCUT2D eigenvalue weighted by molar-refractivity contribution is 0.00955. The molecule has 0 amide bonds. The number of esters is 1. The molecule has 29 heavy (non-hydrogen) atoms. The van der Waals surface area contributed by atoms with Crippen LogP contribution in [0.4, 0.5) is 11.6 Å². The lowest BCUT2D eigenvalue weighted by atomic mass is 9.95. The molecule has 5 heteroatoms. The van der Waals surface area contributed by atoms with E-state index in [1.54, 1.807) is 12.3 Å². The minimum atomic E-state index is -0.652. The molecule has 0 radical (unpaired) electrons. The van der Waals surface area contributed by atoms with E-state index in [4.69, 9.17) is 9.72 Å². The topological polar surface area (TPSA) is 64.1 Å². The van der Waals surface area contributed by atoms with Crippen LogP contribution in [0.25, 0.3) is 22.0 Å². The Morgan fingerprint density at radius 1 is 1.10 bits per heavy atom. The molecule has 1 N–H and O–H groups in total. The predicted molar refractivity (Wildman–Crippen MR) is 117 cm³/mol. The van der Waals surface area contributed by atoms with Gasteiger partial charge >= 0.3 is 5.97 Å². The molecular formula is C24H23N3O2. The maximum atomic E-state index is 12.0. The zero-order valence-electron chi connectivity index (χ0n) is 17.1. The molecule has 146 valence electrons. The summed E-state index contributed by atoms with van der Waals surface area (Å²) in [5.74, 6) is 0.184. The number of anilines is 2. The maximum absolute atomic E-state index is 12.0. The number of fused-ring (bicyclic) bond motifs is 2. The lowest BCUT2D eigenvalue weighted by Gasteiger charge is -2.18. The number of hydrogen-bond donors (Lipinski definition) is 1. The molecule has 1 aromatic heterocycles. The SMILES string of the molecule is C=C(C)c1cc(C(=C)C)c2nc(Nc3ccc4c(c3)C(C)(C)OC4=O)ncc2c1. The van der Waals surface area contributed by atoms with Crippen molar-refractivity contribution in [2.24, 2.45) is 0 Å². The van der Waals surface area contributed by atoms with Gasteiger partial charge in [-0.2, -0.15) is 0 Å². The molecule has 5 nitrogen and oxygen atoms in total. The Morgan fingerprint density at radius 2 is 1.86 bits per heavy atom. The molecule has 0 saturated heterocycles. The largest absolute Gasteiger partial charge is 0.451 e. The second-order valence-corrected chi connectivity index (χ2v) is 8.00. The molecule has 0 fully saturated rings. The summed E-state index contributed by atoms with van der Waals surface area (Å²) in [6, 6.07) is 9.62. The fourth-order valence-electron chi connectivity index (χ4n) is 3.55. The van der Waals surface area contributed by atoms with E-state index in [-0.39, 0.29) is 5.97 Å². The van der Waals surface area contributed by atoms with Gasteiger partial charge in [-0.3, -0.25) is 0 Å². The first-order chi connectivity index (χ1) is 13.7. The molecule has 1 aliphatic rings. The van der Waals surface area contributed by atoms with Crippen LogP contribution in [0, 0.1) is 0 Å². The van der Waals surface area contributed by atoms with E-state index in [9.17, 15) is 4.79 Å². The monoisotopic (exact) mass is 385 g/mol. The number of rotatable bonds is 4. The number of benzene rings is 2. The summed E-state index contributed by atoms with van der Waals surface area (Å²) >= 11 is 0. The molecule has 0 saturated carbocycles. The second kappa shape index (κ2) is 6.55. The van der Waals surface area contributed by atoms with Crippen molar-refractivity contribution in [3.63, 3.8) is 0 Å². The summed E-state index contributed by atoms with van der Waals surface area (Å²) in [7, 11) is 0. The van der Waals surface area contributed by atoms with Crippen molar-refractivity contribution in [1.29, 1.82) is 0 Å². The number of allylic oxidation sites excluding steroid dienone is 2. The Hall–Kier alpha value is -3.47. The highest BCUT2D eigenvalue weighted by molar-refractivity contribution is 5.95. The van der Waals surface area contributed by atoms with Gasteiger partial charge in [-0.25, -0.2) is 14.8 Å². The van der Waals surface area contributed by atoms with Gasteiger partial charge < -0.3 is 10.1 Å². The Kier molecular flexibility index (Phi) is 4.26. The van der Waals surface area contributed by atoms with Gasteiger partial charge in [-0.1, -0.05) is 18.7 Å². The first kappa shape index (κ1) is 18.9. The highest BCUT2D eigenvalue weighted by Crippen LogP contribution is 2.37. The third-order valence-electron chi connectivity index (χ3n) is 5.13. The minimum absolute atomic E-state index is 0.294. The highest BCUT2D eigenvalue weighted by Gasteiger charge is 2.37. The van der Waals surface area contributed by atoms with Crippen molar-refractivity contribution in [1.82, 2.24) is 9.97 Å². The number of nitrogens with zero attached hydrogens (tertiary/aromatic N) is 2. The first-order valence-electron chi connectivity index (χ1n) is 9.43. The van der Waals surface area contributed by atoms with E-state index in [0.717, 1.165) is 44.4 Å². The van der Waals surface area contributed by atoms with Crippen LogP contribution in [0.15, 0.2) is 49.7 Å². The van der Waals surface area contributed by atoms with Crippen molar-refractivity contribution in [3.05, 3.63) is 71.9 Å². The number of aromatic nitrogens is 2. The van der Waals surface area contributed by atoms with Crippen LogP contribution in [-0.2, 0) is 10.3 Å². The normalized spacial score (nSPS) is 14.4. The molecule has 4 rings (SSSR count). The minimum Gasteiger partial charge on any atom is -0.451 e. The smallest absolute Gasteiger partial charge is 0.339 e. The Labute approximate surface area is 170 Å². The summed E-state index contributed by atoms with van der Waals surface area (Å²) in [4.78, 5) is 21.2. The molecule has 0 atom stereocenters. The fraction of sp³-hybridized carbons (Fsp3) is 0.208. The quantitative estimate of drug-likeness (QED) is 0.571. The van der Waals surface area contributed by atoms with Crippen LogP contribution in [0.3, 0.4) is 0 Å². The van der Waals surface area contributed by atoms with Gasteiger partial charge in [-0.15, -0.1) is 0 Å². The maximum Gasteiger partial charge on any atom is 0.339 e. The number of cyclic esters (lactones) is 1. The standard InChI is InChI=1S/C24H23N3O2/c1-13(2)15-9-16-12-25-23(27-21(16)19(10-15)14(3)4)26-17-7-8-18-20(11-17)24(5,6)29-22(18)28/h7-12H,1,3H2,2,4-6H3,(H,25,26,27). The van der Waals surface area contributed by atoms with E-state index in [0.29, 0.717) is 11.5 Å². The molecule has 3 aromatic rings.